The highest BCUT2D eigenvalue weighted by atomic mass is 79.9. The molecule has 3 aromatic carbocycles. The molecule has 0 saturated heterocycles. The van der Waals surface area contributed by atoms with Crippen LogP contribution < -0.4 is 5.43 Å². The lowest BCUT2D eigenvalue weighted by Crippen LogP contribution is -2.11. The van der Waals surface area contributed by atoms with Crippen LogP contribution in [0.2, 0.25) is 0 Å². The summed E-state index contributed by atoms with van der Waals surface area (Å²) in [5.41, 5.74) is 4.34. The van der Waals surface area contributed by atoms with Crippen LogP contribution in [0.15, 0.2) is 82.2 Å². The number of halogens is 1. The summed E-state index contributed by atoms with van der Waals surface area (Å²) in [6, 6.07) is 20.2. The Hall–Kier alpha value is -3.62. The van der Waals surface area contributed by atoms with Crippen molar-refractivity contribution in [1.82, 2.24) is 4.98 Å². The molecule has 0 radical (unpaired) electrons. The fourth-order valence-electron chi connectivity index (χ4n) is 3.35. The Bertz CT molecular complexity index is 1390. The van der Waals surface area contributed by atoms with E-state index in [-0.39, 0.29) is 11.0 Å². The second kappa shape index (κ2) is 9.03. The fraction of sp³-hybridized carbons (Fsp3) is 0.0769. The van der Waals surface area contributed by atoms with Crippen molar-refractivity contribution in [2.75, 3.05) is 0 Å². The number of hydrogen-bond donors (Lipinski definition) is 2. The van der Waals surface area contributed by atoms with Gasteiger partial charge in [-0.3, -0.25) is 4.79 Å². The minimum atomic E-state index is -0.969. The molecule has 0 bridgehead atoms. The number of aromatic amines is 1. The molecule has 0 unspecified atom stereocenters. The number of benzene rings is 3. The average molecular weight is 472 g/mol. The Balaban J connectivity index is 1.59. The van der Waals surface area contributed by atoms with E-state index in [4.69, 9.17) is 5.11 Å². The smallest absolute Gasteiger partial charge is 0.335 e. The van der Waals surface area contributed by atoms with Crippen molar-refractivity contribution < 1.29 is 9.90 Å². The Morgan fingerprint density at radius 2 is 1.81 bits per heavy atom. The quantitative estimate of drug-likeness (QED) is 0.403. The summed E-state index contributed by atoms with van der Waals surface area (Å²) in [7, 11) is 0. The van der Waals surface area contributed by atoms with Crippen LogP contribution in [0.5, 0.6) is 0 Å². The third kappa shape index (κ3) is 4.93. The highest BCUT2D eigenvalue weighted by Crippen LogP contribution is 2.15. The molecule has 0 spiro atoms. The Morgan fingerprint density at radius 3 is 2.55 bits per heavy atom. The van der Waals surface area contributed by atoms with E-state index in [2.05, 4.69) is 32.8 Å². The summed E-state index contributed by atoms with van der Waals surface area (Å²) >= 11 is 3.46. The van der Waals surface area contributed by atoms with Crippen LogP contribution in [-0.2, 0) is 12.8 Å². The van der Waals surface area contributed by atoms with Gasteiger partial charge in [-0.2, -0.15) is 0 Å². The summed E-state index contributed by atoms with van der Waals surface area (Å²) in [6.07, 6.45) is 2.76. The molecule has 0 saturated carbocycles. The SMILES string of the molecule is O=C(O)c1ccc(Cc2c[nH]c3ccc(C#CCc4cccc(Br)c4)cc3c2=O)cc1. The highest BCUT2D eigenvalue weighted by molar-refractivity contribution is 9.10. The molecule has 4 rings (SSSR count). The first-order valence-corrected chi connectivity index (χ1v) is 10.5. The van der Waals surface area contributed by atoms with Crippen molar-refractivity contribution >= 4 is 32.8 Å². The van der Waals surface area contributed by atoms with E-state index in [1.165, 1.54) is 0 Å². The van der Waals surface area contributed by atoms with Gasteiger partial charge in [-0.1, -0.05) is 52.0 Å². The second-order valence-corrected chi connectivity index (χ2v) is 8.11. The van der Waals surface area contributed by atoms with Crippen LogP contribution in [0.25, 0.3) is 10.9 Å². The van der Waals surface area contributed by atoms with E-state index in [1.54, 1.807) is 30.5 Å². The summed E-state index contributed by atoms with van der Waals surface area (Å²) in [6.45, 7) is 0. The van der Waals surface area contributed by atoms with E-state index in [9.17, 15) is 9.59 Å². The largest absolute Gasteiger partial charge is 0.478 e. The Morgan fingerprint density at radius 1 is 1.00 bits per heavy atom. The van der Waals surface area contributed by atoms with Gasteiger partial charge in [0, 0.05) is 45.5 Å². The van der Waals surface area contributed by atoms with Gasteiger partial charge in [-0.25, -0.2) is 4.79 Å². The predicted molar refractivity (Wildman–Crippen MR) is 126 cm³/mol. The maximum Gasteiger partial charge on any atom is 0.335 e. The van der Waals surface area contributed by atoms with E-state index in [0.717, 1.165) is 26.7 Å². The average Bonchev–Trinajstić information content (AvgIpc) is 2.76. The minimum absolute atomic E-state index is 0.0494. The molecule has 5 heteroatoms. The summed E-state index contributed by atoms with van der Waals surface area (Å²) in [5.74, 6) is 5.34. The number of aromatic carboxylic acids is 1. The molecule has 4 aromatic rings. The summed E-state index contributed by atoms with van der Waals surface area (Å²) < 4.78 is 1.02. The normalized spacial score (nSPS) is 10.5. The maximum absolute atomic E-state index is 13.0. The number of aromatic nitrogens is 1. The fourth-order valence-corrected chi connectivity index (χ4v) is 3.80. The zero-order chi connectivity index (χ0) is 21.8. The van der Waals surface area contributed by atoms with Crippen molar-refractivity contribution in [2.24, 2.45) is 0 Å². The first-order chi connectivity index (χ1) is 15.0. The first kappa shape index (κ1) is 20.6. The molecule has 0 aliphatic heterocycles. The first-order valence-electron chi connectivity index (χ1n) is 9.69. The van der Waals surface area contributed by atoms with E-state index in [1.807, 2.05) is 42.5 Å². The summed E-state index contributed by atoms with van der Waals surface area (Å²) in [4.78, 5) is 27.2. The molecular formula is C26H18BrNO3. The Kier molecular flexibility index (Phi) is 6.01. The maximum atomic E-state index is 13.0. The highest BCUT2D eigenvalue weighted by Gasteiger charge is 2.08. The van der Waals surface area contributed by atoms with Crippen molar-refractivity contribution in [1.29, 1.82) is 0 Å². The molecule has 1 aromatic heterocycles. The van der Waals surface area contributed by atoms with Crippen LogP contribution in [0.3, 0.4) is 0 Å². The van der Waals surface area contributed by atoms with Crippen molar-refractivity contribution in [2.45, 2.75) is 12.8 Å². The number of H-pyrrole nitrogens is 1. The van der Waals surface area contributed by atoms with Crippen molar-refractivity contribution in [3.63, 3.8) is 0 Å². The zero-order valence-corrected chi connectivity index (χ0v) is 18.1. The van der Waals surface area contributed by atoms with Crippen LogP contribution in [0.1, 0.15) is 32.6 Å². The number of fused-ring (bicyclic) bond motifs is 1. The van der Waals surface area contributed by atoms with Gasteiger partial charge in [-0.15, -0.1) is 0 Å². The lowest BCUT2D eigenvalue weighted by molar-refractivity contribution is 0.0697. The van der Waals surface area contributed by atoms with Crippen molar-refractivity contribution in [3.05, 3.63) is 115 Å². The van der Waals surface area contributed by atoms with Gasteiger partial charge in [-0.05, 0) is 53.6 Å². The molecule has 0 atom stereocenters. The predicted octanol–water partition coefficient (Wildman–Crippen LogP) is 5.17. The standard InChI is InChI=1S/C26H18BrNO3/c27-22-6-2-5-17(14-22)3-1-4-18-9-12-24-23(15-18)25(29)21(16-28-24)13-19-7-10-20(11-8-19)26(30)31/h2,5-12,14-16H,3,13H2,(H,28,29)(H,30,31). The third-order valence-corrected chi connectivity index (χ3v) is 5.46. The molecule has 152 valence electrons. The van der Waals surface area contributed by atoms with Gasteiger partial charge in [0.25, 0.3) is 0 Å². The van der Waals surface area contributed by atoms with Crippen LogP contribution in [-0.4, -0.2) is 16.1 Å². The molecule has 4 nitrogen and oxygen atoms in total. The van der Waals surface area contributed by atoms with Crippen LogP contribution in [0.4, 0.5) is 0 Å². The van der Waals surface area contributed by atoms with Gasteiger partial charge < -0.3 is 10.1 Å². The molecule has 0 fully saturated rings. The molecule has 31 heavy (non-hydrogen) atoms. The van der Waals surface area contributed by atoms with E-state index >= 15 is 0 Å². The monoisotopic (exact) mass is 471 g/mol. The number of carboxylic acid groups (broad SMARTS) is 1. The van der Waals surface area contributed by atoms with Crippen LogP contribution >= 0.6 is 15.9 Å². The molecule has 0 amide bonds. The van der Waals surface area contributed by atoms with Gasteiger partial charge in [0.2, 0.25) is 0 Å². The topological polar surface area (TPSA) is 70.2 Å². The van der Waals surface area contributed by atoms with Crippen LogP contribution in [0, 0.1) is 11.8 Å². The Labute approximate surface area is 187 Å². The van der Waals surface area contributed by atoms with Gasteiger partial charge in [0.05, 0.1) is 5.56 Å². The lowest BCUT2D eigenvalue weighted by atomic mass is 10.0. The summed E-state index contributed by atoms with van der Waals surface area (Å²) in [5, 5.41) is 9.62. The molecule has 2 N–H and O–H groups in total. The van der Waals surface area contributed by atoms with Gasteiger partial charge in [0.15, 0.2) is 5.43 Å². The minimum Gasteiger partial charge on any atom is -0.478 e. The molecule has 1 heterocycles. The molecule has 0 aliphatic carbocycles. The molecule has 0 aliphatic rings. The van der Waals surface area contributed by atoms with Crippen molar-refractivity contribution in [3.8, 4) is 11.8 Å². The number of carboxylic acids is 1. The van der Waals surface area contributed by atoms with E-state index < -0.39 is 5.97 Å². The third-order valence-electron chi connectivity index (χ3n) is 4.97. The number of carbonyl (C=O) groups is 1. The number of hydrogen-bond acceptors (Lipinski definition) is 2. The zero-order valence-electron chi connectivity index (χ0n) is 16.5. The molecular weight excluding hydrogens is 454 g/mol. The number of nitrogens with one attached hydrogen (secondary N) is 1. The lowest BCUT2D eigenvalue weighted by Gasteiger charge is -2.05. The van der Waals surface area contributed by atoms with Gasteiger partial charge >= 0.3 is 5.97 Å². The number of pyridine rings is 1. The van der Waals surface area contributed by atoms with Gasteiger partial charge in [0.1, 0.15) is 0 Å². The second-order valence-electron chi connectivity index (χ2n) is 7.19. The number of rotatable bonds is 4. The van der Waals surface area contributed by atoms with E-state index in [0.29, 0.717) is 23.8 Å².